The Balaban J connectivity index is 2.38. The summed E-state index contributed by atoms with van der Waals surface area (Å²) in [4.78, 5) is 13.5. The summed E-state index contributed by atoms with van der Waals surface area (Å²) in [5, 5.41) is 2.64. The third-order valence-corrected chi connectivity index (χ3v) is 3.30. The SMILES string of the molecule is CNC(=O)CCN1CCC(OC)CC1CN. The van der Waals surface area contributed by atoms with Gasteiger partial charge in [0.25, 0.3) is 0 Å². The molecule has 2 atom stereocenters. The summed E-state index contributed by atoms with van der Waals surface area (Å²) in [6.07, 6.45) is 2.87. The maximum atomic E-state index is 11.2. The van der Waals surface area contributed by atoms with Crippen molar-refractivity contribution in [3.05, 3.63) is 0 Å². The predicted octanol–water partition coefficient (Wildman–Crippen LogP) is -0.439. The fourth-order valence-electron chi connectivity index (χ4n) is 2.19. The molecule has 1 amide bonds. The normalized spacial score (nSPS) is 26.7. The fraction of sp³-hybridized carbons (Fsp3) is 0.909. The van der Waals surface area contributed by atoms with E-state index in [4.69, 9.17) is 10.5 Å². The largest absolute Gasteiger partial charge is 0.381 e. The molecular weight excluding hydrogens is 206 g/mol. The average Bonchev–Trinajstić information content (AvgIpc) is 2.35. The molecule has 1 heterocycles. The van der Waals surface area contributed by atoms with Gasteiger partial charge in [-0.25, -0.2) is 0 Å². The molecule has 2 unspecified atom stereocenters. The first kappa shape index (κ1) is 13.4. The predicted molar refractivity (Wildman–Crippen MR) is 63.1 cm³/mol. The number of hydrogen-bond donors (Lipinski definition) is 2. The molecule has 0 spiro atoms. The third-order valence-electron chi connectivity index (χ3n) is 3.30. The van der Waals surface area contributed by atoms with Crippen molar-refractivity contribution in [2.75, 3.05) is 33.8 Å². The highest BCUT2D eigenvalue weighted by Crippen LogP contribution is 2.19. The zero-order valence-electron chi connectivity index (χ0n) is 10.2. The van der Waals surface area contributed by atoms with Crippen LogP contribution in [0.5, 0.6) is 0 Å². The number of amides is 1. The summed E-state index contributed by atoms with van der Waals surface area (Å²) in [6, 6.07) is 0.350. The molecule has 5 nitrogen and oxygen atoms in total. The zero-order valence-corrected chi connectivity index (χ0v) is 10.2. The molecule has 94 valence electrons. The number of likely N-dealkylation sites (tertiary alicyclic amines) is 1. The van der Waals surface area contributed by atoms with E-state index in [1.165, 1.54) is 0 Å². The van der Waals surface area contributed by atoms with Crippen molar-refractivity contribution in [2.45, 2.75) is 31.4 Å². The van der Waals surface area contributed by atoms with Crippen molar-refractivity contribution in [1.29, 1.82) is 0 Å². The topological polar surface area (TPSA) is 67.6 Å². The quantitative estimate of drug-likeness (QED) is 0.671. The second kappa shape index (κ2) is 6.83. The van der Waals surface area contributed by atoms with Crippen LogP contribution in [0, 0.1) is 0 Å². The molecule has 0 aromatic rings. The molecule has 1 aliphatic rings. The van der Waals surface area contributed by atoms with Crippen LogP contribution in [0.1, 0.15) is 19.3 Å². The van der Waals surface area contributed by atoms with Crippen molar-refractivity contribution in [3.63, 3.8) is 0 Å². The van der Waals surface area contributed by atoms with Gasteiger partial charge in [-0.1, -0.05) is 0 Å². The van der Waals surface area contributed by atoms with Crippen LogP contribution in [0.3, 0.4) is 0 Å². The van der Waals surface area contributed by atoms with Crippen LogP contribution in [-0.2, 0) is 9.53 Å². The van der Waals surface area contributed by atoms with Gasteiger partial charge in [-0.05, 0) is 12.8 Å². The van der Waals surface area contributed by atoms with E-state index < -0.39 is 0 Å². The third kappa shape index (κ3) is 3.73. The van der Waals surface area contributed by atoms with E-state index in [0.717, 1.165) is 25.9 Å². The van der Waals surface area contributed by atoms with E-state index in [9.17, 15) is 4.79 Å². The van der Waals surface area contributed by atoms with Gasteiger partial charge in [0.2, 0.25) is 5.91 Å². The van der Waals surface area contributed by atoms with Gasteiger partial charge >= 0.3 is 0 Å². The number of nitrogens with two attached hydrogens (primary N) is 1. The van der Waals surface area contributed by atoms with Gasteiger partial charge in [0.05, 0.1) is 6.10 Å². The van der Waals surface area contributed by atoms with Crippen LogP contribution in [0.4, 0.5) is 0 Å². The van der Waals surface area contributed by atoms with Crippen LogP contribution in [0.2, 0.25) is 0 Å². The molecule has 3 N–H and O–H groups in total. The fourth-order valence-corrected chi connectivity index (χ4v) is 2.19. The number of piperidine rings is 1. The number of nitrogens with one attached hydrogen (secondary N) is 1. The molecule has 1 rings (SSSR count). The molecule has 1 saturated heterocycles. The van der Waals surface area contributed by atoms with Crippen molar-refractivity contribution in [3.8, 4) is 0 Å². The highest BCUT2D eigenvalue weighted by Gasteiger charge is 2.27. The Hall–Kier alpha value is -0.650. The van der Waals surface area contributed by atoms with Crippen LogP contribution < -0.4 is 11.1 Å². The molecule has 0 saturated carbocycles. The maximum absolute atomic E-state index is 11.2. The standard InChI is InChI=1S/C11H23N3O2/c1-13-11(15)4-6-14-5-3-10(16-2)7-9(14)8-12/h9-10H,3-8,12H2,1-2H3,(H,13,15). The monoisotopic (exact) mass is 229 g/mol. The highest BCUT2D eigenvalue weighted by molar-refractivity contribution is 5.75. The van der Waals surface area contributed by atoms with E-state index in [1.54, 1.807) is 14.2 Å². The number of carbonyl (C=O) groups excluding carboxylic acids is 1. The van der Waals surface area contributed by atoms with E-state index in [0.29, 0.717) is 25.1 Å². The van der Waals surface area contributed by atoms with Crippen molar-refractivity contribution in [1.82, 2.24) is 10.2 Å². The Morgan fingerprint density at radius 1 is 1.62 bits per heavy atom. The Kier molecular flexibility index (Phi) is 5.73. The molecule has 0 radical (unpaired) electrons. The molecule has 5 heteroatoms. The lowest BCUT2D eigenvalue weighted by molar-refractivity contribution is -0.121. The van der Waals surface area contributed by atoms with Gasteiger partial charge in [-0.2, -0.15) is 0 Å². The first-order chi connectivity index (χ1) is 7.71. The first-order valence-electron chi connectivity index (χ1n) is 5.88. The number of rotatable bonds is 5. The second-order valence-corrected chi connectivity index (χ2v) is 4.23. The number of methoxy groups -OCH3 is 1. The van der Waals surface area contributed by atoms with Gasteiger partial charge in [0.15, 0.2) is 0 Å². The van der Waals surface area contributed by atoms with Crippen LogP contribution in [0.25, 0.3) is 0 Å². The lowest BCUT2D eigenvalue weighted by Crippen LogP contribution is -2.49. The number of carbonyl (C=O) groups is 1. The smallest absolute Gasteiger partial charge is 0.221 e. The maximum Gasteiger partial charge on any atom is 0.221 e. The Labute approximate surface area is 97.3 Å². The summed E-state index contributed by atoms with van der Waals surface area (Å²) in [7, 11) is 3.42. The summed E-state index contributed by atoms with van der Waals surface area (Å²) in [5.41, 5.74) is 5.75. The van der Waals surface area contributed by atoms with Gasteiger partial charge < -0.3 is 15.8 Å². The van der Waals surface area contributed by atoms with Crippen LogP contribution >= 0.6 is 0 Å². The average molecular weight is 229 g/mol. The molecular formula is C11H23N3O2. The van der Waals surface area contributed by atoms with Crippen molar-refractivity contribution in [2.24, 2.45) is 5.73 Å². The Morgan fingerprint density at radius 2 is 2.38 bits per heavy atom. The highest BCUT2D eigenvalue weighted by atomic mass is 16.5. The second-order valence-electron chi connectivity index (χ2n) is 4.23. The number of nitrogens with zero attached hydrogens (tertiary/aromatic N) is 1. The molecule has 0 bridgehead atoms. The zero-order chi connectivity index (χ0) is 12.0. The summed E-state index contributed by atoms with van der Waals surface area (Å²) in [5.74, 6) is 0.0876. The van der Waals surface area contributed by atoms with Crippen LogP contribution in [-0.4, -0.2) is 56.7 Å². The first-order valence-corrected chi connectivity index (χ1v) is 5.88. The molecule has 1 fully saturated rings. The number of hydrogen-bond acceptors (Lipinski definition) is 4. The molecule has 0 aliphatic carbocycles. The van der Waals surface area contributed by atoms with Crippen LogP contribution in [0.15, 0.2) is 0 Å². The summed E-state index contributed by atoms with van der Waals surface area (Å²) >= 11 is 0. The van der Waals surface area contributed by atoms with Gasteiger partial charge in [-0.3, -0.25) is 9.69 Å². The molecule has 0 aromatic heterocycles. The molecule has 16 heavy (non-hydrogen) atoms. The van der Waals surface area contributed by atoms with Gasteiger partial charge in [0, 0.05) is 46.3 Å². The van der Waals surface area contributed by atoms with Crippen molar-refractivity contribution >= 4 is 5.91 Å². The lowest BCUT2D eigenvalue weighted by Gasteiger charge is -2.38. The minimum Gasteiger partial charge on any atom is -0.381 e. The van der Waals surface area contributed by atoms with E-state index >= 15 is 0 Å². The minimum atomic E-state index is 0.0876. The van der Waals surface area contributed by atoms with Gasteiger partial charge in [-0.15, -0.1) is 0 Å². The van der Waals surface area contributed by atoms with Crippen molar-refractivity contribution < 1.29 is 9.53 Å². The minimum absolute atomic E-state index is 0.0876. The molecule has 0 aromatic carbocycles. The van der Waals surface area contributed by atoms with Gasteiger partial charge in [0.1, 0.15) is 0 Å². The van der Waals surface area contributed by atoms with E-state index in [1.807, 2.05) is 0 Å². The number of ether oxygens (including phenoxy) is 1. The summed E-state index contributed by atoms with van der Waals surface area (Å²) < 4.78 is 5.36. The Morgan fingerprint density at radius 3 is 2.94 bits per heavy atom. The lowest BCUT2D eigenvalue weighted by atomic mass is 9.99. The molecule has 1 aliphatic heterocycles. The summed E-state index contributed by atoms with van der Waals surface area (Å²) in [6.45, 7) is 2.39. The van der Waals surface area contributed by atoms with E-state index in [-0.39, 0.29) is 5.91 Å². The Bertz CT molecular complexity index is 223. The van der Waals surface area contributed by atoms with E-state index in [2.05, 4.69) is 10.2 Å².